The average molecular weight is 247 g/mol. The van der Waals surface area contributed by atoms with Crippen LogP contribution in [0.15, 0.2) is 18.2 Å². The summed E-state index contributed by atoms with van der Waals surface area (Å²) in [6, 6.07) is 7.03. The minimum Gasteiger partial charge on any atom is -0.330 e. The molecule has 1 nitrogen and oxygen atoms in total. The van der Waals surface area contributed by atoms with Gasteiger partial charge in [0.25, 0.3) is 0 Å². The lowest BCUT2D eigenvalue weighted by molar-refractivity contribution is 0.715. The molecule has 0 aliphatic heterocycles. The fourth-order valence-electron chi connectivity index (χ4n) is 2.41. The summed E-state index contributed by atoms with van der Waals surface area (Å²) in [5.41, 5.74) is 10.2. The summed E-state index contributed by atoms with van der Waals surface area (Å²) < 4.78 is 0. The standard InChI is InChI=1S/C17H29N/c1-3-5-7-8-15-10-11-16(12-13-18)17(14-15)9-6-4-2/h10-11,14H,3-9,12-13,18H2,1-2H3. The van der Waals surface area contributed by atoms with Gasteiger partial charge in [0.1, 0.15) is 0 Å². The summed E-state index contributed by atoms with van der Waals surface area (Å²) >= 11 is 0. The third-order valence-electron chi connectivity index (χ3n) is 3.55. The average Bonchev–Trinajstić information content (AvgIpc) is 2.39. The first kappa shape index (κ1) is 15.2. The second-order valence-electron chi connectivity index (χ2n) is 5.20. The Hall–Kier alpha value is -0.820. The largest absolute Gasteiger partial charge is 0.330 e. The number of unbranched alkanes of at least 4 members (excludes halogenated alkanes) is 3. The van der Waals surface area contributed by atoms with Crippen LogP contribution in [0.1, 0.15) is 62.6 Å². The molecular weight excluding hydrogens is 218 g/mol. The number of rotatable bonds is 9. The molecule has 102 valence electrons. The molecule has 1 rings (SSSR count). The smallest absolute Gasteiger partial charge is 0.00366 e. The van der Waals surface area contributed by atoms with Gasteiger partial charge in [0.2, 0.25) is 0 Å². The molecule has 0 fully saturated rings. The van der Waals surface area contributed by atoms with Gasteiger partial charge < -0.3 is 5.73 Å². The Labute approximate surface area is 113 Å². The van der Waals surface area contributed by atoms with E-state index in [1.54, 1.807) is 0 Å². The van der Waals surface area contributed by atoms with E-state index in [2.05, 4.69) is 32.0 Å². The lowest BCUT2D eigenvalue weighted by Crippen LogP contribution is -2.06. The van der Waals surface area contributed by atoms with E-state index in [4.69, 9.17) is 5.73 Å². The number of benzene rings is 1. The van der Waals surface area contributed by atoms with Gasteiger partial charge in [-0.1, -0.05) is 51.3 Å². The monoisotopic (exact) mass is 247 g/mol. The van der Waals surface area contributed by atoms with Crippen LogP contribution in [-0.4, -0.2) is 6.54 Å². The number of aryl methyl sites for hydroxylation is 2. The van der Waals surface area contributed by atoms with Gasteiger partial charge in [0.05, 0.1) is 0 Å². The van der Waals surface area contributed by atoms with Gasteiger partial charge in [0.15, 0.2) is 0 Å². The summed E-state index contributed by atoms with van der Waals surface area (Å²) in [5.74, 6) is 0. The SMILES string of the molecule is CCCCCc1ccc(CCN)c(CCCC)c1. The third kappa shape index (κ3) is 5.22. The summed E-state index contributed by atoms with van der Waals surface area (Å²) in [4.78, 5) is 0. The van der Waals surface area contributed by atoms with E-state index in [0.29, 0.717) is 0 Å². The van der Waals surface area contributed by atoms with Crippen LogP contribution in [0.2, 0.25) is 0 Å². The Balaban J connectivity index is 2.69. The third-order valence-corrected chi connectivity index (χ3v) is 3.55. The molecule has 0 bridgehead atoms. The maximum atomic E-state index is 5.69. The first-order valence-corrected chi connectivity index (χ1v) is 7.62. The van der Waals surface area contributed by atoms with Crippen molar-refractivity contribution in [1.82, 2.24) is 0 Å². The highest BCUT2D eigenvalue weighted by Gasteiger charge is 2.03. The van der Waals surface area contributed by atoms with E-state index >= 15 is 0 Å². The molecule has 0 heterocycles. The normalized spacial score (nSPS) is 10.8. The Morgan fingerprint density at radius 2 is 1.61 bits per heavy atom. The van der Waals surface area contributed by atoms with Gasteiger partial charge in [0, 0.05) is 0 Å². The van der Waals surface area contributed by atoms with Crippen molar-refractivity contribution in [2.45, 2.75) is 65.2 Å². The lowest BCUT2D eigenvalue weighted by Gasteiger charge is -2.11. The first-order valence-electron chi connectivity index (χ1n) is 7.62. The van der Waals surface area contributed by atoms with Crippen molar-refractivity contribution < 1.29 is 0 Å². The van der Waals surface area contributed by atoms with Crippen LogP contribution in [0.4, 0.5) is 0 Å². The molecule has 0 aromatic heterocycles. The van der Waals surface area contributed by atoms with E-state index in [1.165, 1.54) is 61.6 Å². The fraction of sp³-hybridized carbons (Fsp3) is 0.647. The zero-order chi connectivity index (χ0) is 13.2. The number of hydrogen-bond acceptors (Lipinski definition) is 1. The van der Waals surface area contributed by atoms with Gasteiger partial charge in [-0.05, 0) is 55.3 Å². The van der Waals surface area contributed by atoms with E-state index in [1.807, 2.05) is 0 Å². The molecule has 0 saturated carbocycles. The Kier molecular flexibility index (Phi) is 7.75. The van der Waals surface area contributed by atoms with Crippen molar-refractivity contribution in [2.75, 3.05) is 6.54 Å². The summed E-state index contributed by atoms with van der Waals surface area (Å²) in [6.07, 6.45) is 9.98. The lowest BCUT2D eigenvalue weighted by atomic mass is 9.95. The minimum atomic E-state index is 0.758. The maximum Gasteiger partial charge on any atom is -0.00366 e. The molecule has 0 saturated heterocycles. The molecule has 0 aliphatic rings. The van der Waals surface area contributed by atoms with E-state index in [9.17, 15) is 0 Å². The van der Waals surface area contributed by atoms with Crippen LogP contribution >= 0.6 is 0 Å². The molecule has 1 aromatic rings. The zero-order valence-electron chi connectivity index (χ0n) is 12.2. The second-order valence-corrected chi connectivity index (χ2v) is 5.20. The maximum absolute atomic E-state index is 5.69. The molecule has 0 radical (unpaired) electrons. The highest BCUT2D eigenvalue weighted by atomic mass is 14.5. The van der Waals surface area contributed by atoms with Crippen molar-refractivity contribution in [3.05, 3.63) is 34.9 Å². The molecule has 1 aromatic carbocycles. The molecule has 0 amide bonds. The number of nitrogens with two attached hydrogens (primary N) is 1. The molecular formula is C17H29N. The summed E-state index contributed by atoms with van der Waals surface area (Å²) in [5, 5.41) is 0. The van der Waals surface area contributed by atoms with Gasteiger partial charge in [-0.25, -0.2) is 0 Å². The molecule has 0 unspecified atom stereocenters. The molecule has 18 heavy (non-hydrogen) atoms. The first-order chi connectivity index (χ1) is 8.81. The van der Waals surface area contributed by atoms with Crippen molar-refractivity contribution in [2.24, 2.45) is 5.73 Å². The van der Waals surface area contributed by atoms with Gasteiger partial charge >= 0.3 is 0 Å². The molecule has 1 heteroatoms. The molecule has 2 N–H and O–H groups in total. The van der Waals surface area contributed by atoms with Crippen molar-refractivity contribution >= 4 is 0 Å². The molecule has 0 aliphatic carbocycles. The van der Waals surface area contributed by atoms with Crippen LogP contribution in [0.3, 0.4) is 0 Å². The van der Waals surface area contributed by atoms with Crippen molar-refractivity contribution in [3.63, 3.8) is 0 Å². The fourth-order valence-corrected chi connectivity index (χ4v) is 2.41. The van der Waals surface area contributed by atoms with Gasteiger partial charge in [-0.2, -0.15) is 0 Å². The van der Waals surface area contributed by atoms with Crippen LogP contribution in [0.25, 0.3) is 0 Å². The topological polar surface area (TPSA) is 26.0 Å². The zero-order valence-corrected chi connectivity index (χ0v) is 12.2. The summed E-state index contributed by atoms with van der Waals surface area (Å²) in [6.45, 7) is 5.28. The van der Waals surface area contributed by atoms with Crippen molar-refractivity contribution in [3.8, 4) is 0 Å². The van der Waals surface area contributed by atoms with Gasteiger partial charge in [-0.15, -0.1) is 0 Å². The quantitative estimate of drug-likeness (QED) is 0.648. The predicted octanol–water partition coefficient (Wildman–Crippen LogP) is 4.26. The van der Waals surface area contributed by atoms with E-state index in [-0.39, 0.29) is 0 Å². The van der Waals surface area contributed by atoms with Crippen LogP contribution < -0.4 is 5.73 Å². The van der Waals surface area contributed by atoms with E-state index in [0.717, 1.165) is 13.0 Å². The van der Waals surface area contributed by atoms with Crippen LogP contribution in [0.5, 0.6) is 0 Å². The van der Waals surface area contributed by atoms with Crippen molar-refractivity contribution in [1.29, 1.82) is 0 Å². The Morgan fingerprint density at radius 1 is 0.833 bits per heavy atom. The molecule has 0 spiro atoms. The highest BCUT2D eigenvalue weighted by molar-refractivity contribution is 5.32. The highest BCUT2D eigenvalue weighted by Crippen LogP contribution is 2.17. The van der Waals surface area contributed by atoms with Crippen LogP contribution in [0, 0.1) is 0 Å². The predicted molar refractivity (Wildman–Crippen MR) is 81.0 cm³/mol. The Morgan fingerprint density at radius 3 is 2.28 bits per heavy atom. The second kappa shape index (κ2) is 9.16. The van der Waals surface area contributed by atoms with E-state index < -0.39 is 0 Å². The minimum absolute atomic E-state index is 0.758. The number of hydrogen-bond donors (Lipinski definition) is 1. The summed E-state index contributed by atoms with van der Waals surface area (Å²) in [7, 11) is 0. The molecule has 0 atom stereocenters. The Bertz CT molecular complexity index is 330. The van der Waals surface area contributed by atoms with Gasteiger partial charge in [-0.3, -0.25) is 0 Å². The van der Waals surface area contributed by atoms with Crippen LogP contribution in [-0.2, 0) is 19.3 Å².